The van der Waals surface area contributed by atoms with Crippen LogP contribution in [0.4, 0.5) is 0 Å². The van der Waals surface area contributed by atoms with Crippen molar-refractivity contribution in [3.8, 4) is 11.5 Å². The van der Waals surface area contributed by atoms with Crippen LogP contribution in [-0.4, -0.2) is 25.8 Å². The van der Waals surface area contributed by atoms with E-state index in [1.807, 2.05) is 43.3 Å². The molecule has 2 rings (SSSR count). The van der Waals surface area contributed by atoms with Gasteiger partial charge in [-0.3, -0.25) is 0 Å². The van der Waals surface area contributed by atoms with Gasteiger partial charge in [0, 0.05) is 16.8 Å². The predicted molar refractivity (Wildman–Crippen MR) is 86.4 cm³/mol. The summed E-state index contributed by atoms with van der Waals surface area (Å²) < 4.78 is 16.4. The van der Waals surface area contributed by atoms with Gasteiger partial charge in [0.25, 0.3) is 0 Å². The van der Waals surface area contributed by atoms with Crippen LogP contribution in [0.3, 0.4) is 0 Å². The Bertz CT molecular complexity index is 663. The predicted octanol–water partition coefficient (Wildman–Crippen LogP) is 3.74. The minimum atomic E-state index is -0.435. The Kier molecular flexibility index (Phi) is 5.42. The van der Waals surface area contributed by atoms with Gasteiger partial charge in [-0.2, -0.15) is 0 Å². The Morgan fingerprint density at radius 3 is 2.41 bits per heavy atom. The van der Waals surface area contributed by atoms with Crippen LogP contribution in [0.1, 0.15) is 13.3 Å². The summed E-state index contributed by atoms with van der Waals surface area (Å²) in [6.07, 6.45) is 1.53. The fourth-order valence-corrected chi connectivity index (χ4v) is 2.18. The fraction of sp³-hybridized carbons (Fsp3) is 0.278. The first-order valence-corrected chi connectivity index (χ1v) is 7.21. The molecular formula is C18H20O4. The molecule has 0 radical (unpaired) electrons. The number of fused-ring (bicyclic) bond motifs is 1. The maximum atomic E-state index is 11.3. The van der Waals surface area contributed by atoms with Gasteiger partial charge in [-0.15, -0.1) is 0 Å². The summed E-state index contributed by atoms with van der Waals surface area (Å²) in [4.78, 5) is 11.3. The Hall–Kier alpha value is -2.49. The van der Waals surface area contributed by atoms with E-state index < -0.39 is 5.97 Å². The largest absolute Gasteiger partial charge is 0.496 e. The van der Waals surface area contributed by atoms with Gasteiger partial charge in [-0.1, -0.05) is 37.8 Å². The Morgan fingerprint density at radius 2 is 1.82 bits per heavy atom. The second-order valence-electron chi connectivity index (χ2n) is 4.79. The number of methoxy groups -OCH3 is 1. The third-order valence-electron chi connectivity index (χ3n) is 3.39. The van der Waals surface area contributed by atoms with E-state index in [-0.39, 0.29) is 6.10 Å². The molecule has 22 heavy (non-hydrogen) atoms. The van der Waals surface area contributed by atoms with Crippen LogP contribution in [0.15, 0.2) is 49.1 Å². The van der Waals surface area contributed by atoms with Crippen molar-refractivity contribution in [2.75, 3.05) is 13.7 Å². The number of rotatable bonds is 7. The summed E-state index contributed by atoms with van der Waals surface area (Å²) in [6, 6.07) is 11.6. The molecule has 0 N–H and O–H groups in total. The normalized spacial score (nSPS) is 11.7. The lowest BCUT2D eigenvalue weighted by Gasteiger charge is -2.17. The van der Waals surface area contributed by atoms with E-state index in [2.05, 4.69) is 6.58 Å². The van der Waals surface area contributed by atoms with Crippen molar-refractivity contribution in [3.63, 3.8) is 0 Å². The van der Waals surface area contributed by atoms with E-state index in [9.17, 15) is 4.79 Å². The average molecular weight is 300 g/mol. The molecular weight excluding hydrogens is 280 g/mol. The van der Waals surface area contributed by atoms with Crippen LogP contribution < -0.4 is 9.47 Å². The van der Waals surface area contributed by atoms with Crippen LogP contribution in [0.25, 0.3) is 10.8 Å². The number of carbonyl (C=O) groups is 1. The van der Waals surface area contributed by atoms with E-state index in [4.69, 9.17) is 14.2 Å². The van der Waals surface area contributed by atoms with Crippen LogP contribution >= 0.6 is 0 Å². The van der Waals surface area contributed by atoms with Gasteiger partial charge in [-0.05, 0) is 18.6 Å². The van der Waals surface area contributed by atoms with Crippen molar-refractivity contribution in [2.45, 2.75) is 19.4 Å². The molecule has 0 amide bonds. The molecule has 0 fully saturated rings. The molecule has 0 saturated heterocycles. The Balaban J connectivity index is 2.18. The van der Waals surface area contributed by atoms with Crippen molar-refractivity contribution in [1.29, 1.82) is 0 Å². The monoisotopic (exact) mass is 300 g/mol. The summed E-state index contributed by atoms with van der Waals surface area (Å²) >= 11 is 0. The average Bonchev–Trinajstić information content (AvgIpc) is 2.57. The zero-order valence-corrected chi connectivity index (χ0v) is 12.9. The molecule has 2 aromatic carbocycles. The van der Waals surface area contributed by atoms with E-state index in [0.717, 1.165) is 28.3 Å². The highest BCUT2D eigenvalue weighted by molar-refractivity contribution is 5.93. The summed E-state index contributed by atoms with van der Waals surface area (Å²) in [5.74, 6) is 1.10. The van der Waals surface area contributed by atoms with Gasteiger partial charge in [0.05, 0.1) is 7.11 Å². The van der Waals surface area contributed by atoms with Crippen LogP contribution in [0, 0.1) is 0 Å². The number of carbonyl (C=O) groups excluding carboxylic acids is 1. The van der Waals surface area contributed by atoms with E-state index in [1.165, 1.54) is 0 Å². The molecule has 0 bridgehead atoms. The van der Waals surface area contributed by atoms with E-state index in [0.29, 0.717) is 13.0 Å². The highest BCUT2D eigenvalue weighted by atomic mass is 16.6. The molecule has 0 aliphatic rings. The van der Waals surface area contributed by atoms with Crippen molar-refractivity contribution < 1.29 is 19.0 Å². The molecule has 1 unspecified atom stereocenters. The molecule has 0 spiro atoms. The lowest BCUT2D eigenvalue weighted by Crippen LogP contribution is -2.23. The standard InChI is InChI=1S/C18H20O4/c1-4-13(22-18(19)5-2)12-21-17-11-10-16(20-3)14-8-6-7-9-15(14)17/h5-11,13H,2,4,12H2,1,3H3. The van der Waals surface area contributed by atoms with Gasteiger partial charge in [0.1, 0.15) is 24.2 Å². The summed E-state index contributed by atoms with van der Waals surface area (Å²) in [7, 11) is 1.64. The molecule has 2 aromatic rings. The van der Waals surface area contributed by atoms with Crippen molar-refractivity contribution in [2.24, 2.45) is 0 Å². The zero-order valence-electron chi connectivity index (χ0n) is 12.9. The fourth-order valence-electron chi connectivity index (χ4n) is 2.18. The van der Waals surface area contributed by atoms with Gasteiger partial charge < -0.3 is 14.2 Å². The van der Waals surface area contributed by atoms with Gasteiger partial charge >= 0.3 is 5.97 Å². The summed E-state index contributed by atoms with van der Waals surface area (Å²) in [5.41, 5.74) is 0. The van der Waals surface area contributed by atoms with Gasteiger partial charge in [0.2, 0.25) is 0 Å². The SMILES string of the molecule is C=CC(=O)OC(CC)COc1ccc(OC)c2ccccc12. The quantitative estimate of drug-likeness (QED) is 0.577. The Morgan fingerprint density at radius 1 is 1.18 bits per heavy atom. The summed E-state index contributed by atoms with van der Waals surface area (Å²) in [5, 5.41) is 1.95. The second kappa shape index (κ2) is 7.50. The molecule has 116 valence electrons. The first kappa shape index (κ1) is 15.9. The molecule has 1 atom stereocenters. The lowest BCUT2D eigenvalue weighted by molar-refractivity contribution is -0.144. The highest BCUT2D eigenvalue weighted by Crippen LogP contribution is 2.32. The van der Waals surface area contributed by atoms with Crippen LogP contribution in [-0.2, 0) is 9.53 Å². The maximum Gasteiger partial charge on any atom is 0.330 e. The highest BCUT2D eigenvalue weighted by Gasteiger charge is 2.13. The van der Waals surface area contributed by atoms with Crippen molar-refractivity contribution in [3.05, 3.63) is 49.1 Å². The van der Waals surface area contributed by atoms with Crippen LogP contribution in [0.2, 0.25) is 0 Å². The first-order chi connectivity index (χ1) is 10.7. The zero-order chi connectivity index (χ0) is 15.9. The molecule has 0 heterocycles. The minimum Gasteiger partial charge on any atom is -0.496 e. The second-order valence-corrected chi connectivity index (χ2v) is 4.79. The number of ether oxygens (including phenoxy) is 3. The topological polar surface area (TPSA) is 44.8 Å². The minimum absolute atomic E-state index is 0.298. The molecule has 0 aliphatic heterocycles. The third kappa shape index (κ3) is 3.58. The molecule has 0 aromatic heterocycles. The van der Waals surface area contributed by atoms with Crippen molar-refractivity contribution >= 4 is 16.7 Å². The van der Waals surface area contributed by atoms with E-state index >= 15 is 0 Å². The number of esters is 1. The lowest BCUT2D eigenvalue weighted by atomic mass is 10.1. The molecule has 4 nitrogen and oxygen atoms in total. The van der Waals surface area contributed by atoms with E-state index in [1.54, 1.807) is 7.11 Å². The van der Waals surface area contributed by atoms with Gasteiger partial charge in [0.15, 0.2) is 0 Å². The summed E-state index contributed by atoms with van der Waals surface area (Å²) in [6.45, 7) is 5.64. The smallest absolute Gasteiger partial charge is 0.330 e. The van der Waals surface area contributed by atoms with Crippen LogP contribution in [0.5, 0.6) is 11.5 Å². The third-order valence-corrected chi connectivity index (χ3v) is 3.39. The first-order valence-electron chi connectivity index (χ1n) is 7.21. The van der Waals surface area contributed by atoms with Gasteiger partial charge in [-0.25, -0.2) is 4.79 Å². The Labute approximate surface area is 130 Å². The number of hydrogen-bond donors (Lipinski definition) is 0. The number of hydrogen-bond acceptors (Lipinski definition) is 4. The molecule has 0 aliphatic carbocycles. The van der Waals surface area contributed by atoms with Crippen molar-refractivity contribution in [1.82, 2.24) is 0 Å². The molecule has 4 heteroatoms. The molecule has 0 saturated carbocycles. The maximum absolute atomic E-state index is 11.3. The number of benzene rings is 2.